The summed E-state index contributed by atoms with van der Waals surface area (Å²) in [4.78, 5) is 23.6. The lowest BCUT2D eigenvalue weighted by atomic mass is 10.1. The number of amides is 1. The van der Waals surface area contributed by atoms with Crippen LogP contribution in [0.1, 0.15) is 22.8 Å². The van der Waals surface area contributed by atoms with Crippen LogP contribution in [-0.4, -0.2) is 46.8 Å². The zero-order chi connectivity index (χ0) is 21.8. The summed E-state index contributed by atoms with van der Waals surface area (Å²) in [6.45, 7) is 4.49. The molecule has 0 unspecified atom stereocenters. The van der Waals surface area contributed by atoms with Gasteiger partial charge in [-0.2, -0.15) is 0 Å². The number of fused-ring (bicyclic) bond motifs is 1. The van der Waals surface area contributed by atoms with E-state index in [4.69, 9.17) is 9.47 Å². The molecule has 1 aromatic carbocycles. The first kappa shape index (κ1) is 20.6. The van der Waals surface area contributed by atoms with Crippen LogP contribution in [0.3, 0.4) is 0 Å². The number of aliphatic hydroxyl groups excluding tert-OH is 1. The maximum atomic E-state index is 13.0. The molecule has 3 heterocycles. The van der Waals surface area contributed by atoms with Gasteiger partial charge in [0.15, 0.2) is 5.75 Å². The fourth-order valence-electron chi connectivity index (χ4n) is 3.43. The van der Waals surface area contributed by atoms with Gasteiger partial charge in [-0.1, -0.05) is 12.1 Å². The maximum Gasteiger partial charge on any atom is 0.259 e. The molecule has 0 saturated carbocycles. The van der Waals surface area contributed by atoms with Crippen molar-refractivity contribution in [1.82, 2.24) is 9.97 Å². The lowest BCUT2D eigenvalue weighted by Gasteiger charge is -2.37. The molecular formula is C23H24N4O4. The number of carbonyl (C=O) groups excluding carboxylic acids is 1. The number of ether oxygens (including phenoxy) is 2. The van der Waals surface area contributed by atoms with E-state index in [9.17, 15) is 9.90 Å². The van der Waals surface area contributed by atoms with Gasteiger partial charge in [-0.15, -0.1) is 0 Å². The quantitative estimate of drug-likeness (QED) is 0.631. The van der Waals surface area contributed by atoms with Crippen LogP contribution in [-0.2, 0) is 0 Å². The van der Waals surface area contributed by atoms with E-state index >= 15 is 0 Å². The number of benzene rings is 1. The van der Waals surface area contributed by atoms with Gasteiger partial charge in [0, 0.05) is 12.3 Å². The molecule has 1 amide bonds. The summed E-state index contributed by atoms with van der Waals surface area (Å²) in [5.41, 5.74) is 2.65. The number of aliphatic hydroxyl groups is 1. The van der Waals surface area contributed by atoms with E-state index < -0.39 is 0 Å². The summed E-state index contributed by atoms with van der Waals surface area (Å²) in [5.74, 6) is 1.31. The molecule has 1 aliphatic rings. The first-order valence-electron chi connectivity index (χ1n) is 10.1. The first-order chi connectivity index (χ1) is 15.1. The fourth-order valence-corrected chi connectivity index (χ4v) is 3.43. The highest BCUT2D eigenvalue weighted by Crippen LogP contribution is 2.40. The number of aryl methyl sites for hydroxylation is 1. The number of rotatable bonds is 6. The molecule has 2 N–H and O–H groups in total. The molecule has 160 valence electrons. The second-order valence-electron chi connectivity index (χ2n) is 7.14. The Hall–Kier alpha value is -3.65. The monoisotopic (exact) mass is 420 g/mol. The minimum Gasteiger partial charge on any atom is -0.488 e. The predicted molar refractivity (Wildman–Crippen MR) is 117 cm³/mol. The lowest BCUT2D eigenvalue weighted by Crippen LogP contribution is -2.43. The Morgan fingerprint density at radius 3 is 2.77 bits per heavy atom. The molecule has 0 saturated heterocycles. The van der Waals surface area contributed by atoms with E-state index in [1.165, 1.54) is 0 Å². The second-order valence-corrected chi connectivity index (χ2v) is 7.14. The number of pyridine rings is 2. The Labute approximate surface area is 180 Å². The number of para-hydroxylation sites is 1. The number of hydrogen-bond acceptors (Lipinski definition) is 7. The Balaban J connectivity index is 1.64. The van der Waals surface area contributed by atoms with E-state index in [2.05, 4.69) is 15.3 Å². The van der Waals surface area contributed by atoms with Crippen molar-refractivity contribution in [2.45, 2.75) is 19.9 Å². The summed E-state index contributed by atoms with van der Waals surface area (Å²) in [7, 11) is 0. The Morgan fingerprint density at radius 2 is 2.10 bits per heavy atom. The second kappa shape index (κ2) is 9.01. The van der Waals surface area contributed by atoms with Gasteiger partial charge >= 0.3 is 0 Å². The van der Waals surface area contributed by atoms with Crippen molar-refractivity contribution in [2.24, 2.45) is 0 Å². The Kier molecular flexibility index (Phi) is 5.99. The summed E-state index contributed by atoms with van der Waals surface area (Å²) < 4.78 is 11.2. The van der Waals surface area contributed by atoms with Crippen molar-refractivity contribution in [3.05, 3.63) is 66.0 Å². The largest absolute Gasteiger partial charge is 0.488 e. The van der Waals surface area contributed by atoms with Gasteiger partial charge in [-0.25, -0.2) is 9.97 Å². The van der Waals surface area contributed by atoms with E-state index in [1.807, 2.05) is 36.9 Å². The molecule has 1 aliphatic heterocycles. The number of nitrogens with one attached hydrogen (secondary N) is 1. The normalized spacial score (nSPS) is 15.1. The van der Waals surface area contributed by atoms with E-state index in [0.29, 0.717) is 41.0 Å². The van der Waals surface area contributed by atoms with Crippen LogP contribution in [0.2, 0.25) is 0 Å². The number of hydrogen-bond donors (Lipinski definition) is 2. The molecule has 3 aromatic rings. The number of nitrogens with zero attached hydrogens (tertiary/aromatic N) is 3. The summed E-state index contributed by atoms with van der Waals surface area (Å²) in [6.07, 6.45) is 3.32. The average molecular weight is 420 g/mol. The molecule has 0 bridgehead atoms. The minimum atomic E-state index is -0.318. The minimum absolute atomic E-state index is 0.108. The van der Waals surface area contributed by atoms with Gasteiger partial charge in [-0.3, -0.25) is 4.79 Å². The summed E-state index contributed by atoms with van der Waals surface area (Å²) in [6, 6.07) is 12.3. The molecule has 0 aliphatic carbocycles. The fraction of sp³-hybridized carbons (Fsp3) is 0.261. The van der Waals surface area contributed by atoms with Crippen LogP contribution in [0.15, 0.2) is 54.9 Å². The average Bonchev–Trinajstić information content (AvgIpc) is 2.80. The predicted octanol–water partition coefficient (Wildman–Crippen LogP) is 3.33. The van der Waals surface area contributed by atoms with Crippen molar-refractivity contribution >= 4 is 23.1 Å². The van der Waals surface area contributed by atoms with E-state index in [-0.39, 0.29) is 25.2 Å². The number of aromatic nitrogens is 2. The Bertz CT molecular complexity index is 1050. The molecule has 8 nitrogen and oxygen atoms in total. The van der Waals surface area contributed by atoms with E-state index in [1.54, 1.807) is 36.7 Å². The molecule has 1 atom stereocenters. The van der Waals surface area contributed by atoms with Crippen molar-refractivity contribution in [2.75, 3.05) is 30.0 Å². The van der Waals surface area contributed by atoms with Gasteiger partial charge in [-0.05, 0) is 43.7 Å². The van der Waals surface area contributed by atoms with Crippen molar-refractivity contribution in [1.29, 1.82) is 0 Å². The first-order valence-corrected chi connectivity index (χ1v) is 10.1. The third-order valence-electron chi connectivity index (χ3n) is 4.92. The molecule has 0 spiro atoms. The zero-order valence-corrected chi connectivity index (χ0v) is 17.4. The highest BCUT2D eigenvalue weighted by molar-refractivity contribution is 6.07. The van der Waals surface area contributed by atoms with Crippen LogP contribution >= 0.6 is 0 Å². The smallest absolute Gasteiger partial charge is 0.259 e. The lowest BCUT2D eigenvalue weighted by molar-refractivity contribution is 0.102. The van der Waals surface area contributed by atoms with Gasteiger partial charge in [0.25, 0.3) is 5.91 Å². The highest BCUT2D eigenvalue weighted by Gasteiger charge is 2.32. The molecule has 4 rings (SSSR count). The molecule has 2 aromatic heterocycles. The SMILES string of the molecule is CCOc1ccc(NC(=O)c2cccc3c2OC[C@H](CO)N3c2ccc(C)cn2)cn1. The number of anilines is 3. The summed E-state index contributed by atoms with van der Waals surface area (Å²) >= 11 is 0. The zero-order valence-electron chi connectivity index (χ0n) is 17.4. The maximum absolute atomic E-state index is 13.0. The van der Waals surface area contributed by atoms with Crippen LogP contribution in [0, 0.1) is 6.92 Å². The van der Waals surface area contributed by atoms with Crippen LogP contribution in [0.5, 0.6) is 11.6 Å². The van der Waals surface area contributed by atoms with Gasteiger partial charge in [0.2, 0.25) is 5.88 Å². The molecule has 8 heteroatoms. The molecule has 31 heavy (non-hydrogen) atoms. The topological polar surface area (TPSA) is 96.8 Å². The highest BCUT2D eigenvalue weighted by atomic mass is 16.5. The van der Waals surface area contributed by atoms with Gasteiger partial charge in [0.05, 0.1) is 42.4 Å². The third-order valence-corrected chi connectivity index (χ3v) is 4.92. The van der Waals surface area contributed by atoms with Crippen molar-refractivity contribution < 1.29 is 19.4 Å². The van der Waals surface area contributed by atoms with Crippen LogP contribution in [0.25, 0.3) is 0 Å². The molecule has 0 fully saturated rings. The van der Waals surface area contributed by atoms with Crippen LogP contribution < -0.4 is 19.7 Å². The standard InChI is InChI=1S/C23H24N4O4/c1-3-30-21-10-8-16(12-25-21)26-23(29)18-5-4-6-19-22(18)31-14-17(13-28)27(19)20-9-7-15(2)11-24-20/h4-12,17,28H,3,13-14H2,1-2H3,(H,26,29)/t17-/m0/s1. The van der Waals surface area contributed by atoms with Crippen molar-refractivity contribution in [3.8, 4) is 11.6 Å². The molecular weight excluding hydrogens is 396 g/mol. The Morgan fingerprint density at radius 1 is 1.23 bits per heavy atom. The summed E-state index contributed by atoms with van der Waals surface area (Å²) in [5, 5.41) is 12.7. The molecule has 0 radical (unpaired) electrons. The van der Waals surface area contributed by atoms with Crippen LogP contribution in [0.4, 0.5) is 17.2 Å². The van der Waals surface area contributed by atoms with Crippen molar-refractivity contribution in [3.63, 3.8) is 0 Å². The van der Waals surface area contributed by atoms with E-state index in [0.717, 1.165) is 5.56 Å². The van der Waals surface area contributed by atoms with Gasteiger partial charge in [0.1, 0.15) is 12.4 Å². The van der Waals surface area contributed by atoms with Gasteiger partial charge < -0.3 is 24.8 Å². The number of carbonyl (C=O) groups is 1. The third kappa shape index (κ3) is 4.29.